The number of nitrogens with one attached hydrogen (secondary N) is 1. The molecule has 0 radical (unpaired) electrons. The molecule has 96 valence electrons. The average molecular weight is 260 g/mol. The molecule has 1 aliphatic heterocycles. The number of hydrogen-bond acceptors (Lipinski definition) is 2. The minimum Gasteiger partial charge on any atom is -0.324 e. The second-order valence-electron chi connectivity index (χ2n) is 3.72. The SMILES string of the molecule is O=C1CC(C(F)(F)C(F)F)=Nc2ccccc2N1. The van der Waals surface area contributed by atoms with Crippen molar-refractivity contribution < 1.29 is 22.4 Å². The van der Waals surface area contributed by atoms with Gasteiger partial charge in [-0.15, -0.1) is 0 Å². The lowest BCUT2D eigenvalue weighted by Gasteiger charge is -2.16. The van der Waals surface area contributed by atoms with Crippen LogP contribution in [0.2, 0.25) is 0 Å². The highest BCUT2D eigenvalue weighted by Gasteiger charge is 2.47. The van der Waals surface area contributed by atoms with Crippen LogP contribution in [0.4, 0.5) is 28.9 Å². The van der Waals surface area contributed by atoms with Gasteiger partial charge in [0.2, 0.25) is 5.91 Å². The summed E-state index contributed by atoms with van der Waals surface area (Å²) in [5.74, 6) is -5.20. The van der Waals surface area contributed by atoms with Gasteiger partial charge in [-0.25, -0.2) is 13.8 Å². The Hall–Kier alpha value is -1.92. The van der Waals surface area contributed by atoms with E-state index in [-0.39, 0.29) is 11.4 Å². The van der Waals surface area contributed by atoms with Crippen molar-refractivity contribution in [3.05, 3.63) is 24.3 Å². The number of alkyl halides is 4. The highest BCUT2D eigenvalue weighted by molar-refractivity contribution is 6.13. The second kappa shape index (κ2) is 4.40. The summed E-state index contributed by atoms with van der Waals surface area (Å²) in [5.41, 5.74) is -0.860. The van der Waals surface area contributed by atoms with E-state index in [0.29, 0.717) is 0 Å². The van der Waals surface area contributed by atoms with Gasteiger partial charge in [0.1, 0.15) is 5.71 Å². The molecule has 1 heterocycles. The molecular formula is C11H8F4N2O. The predicted molar refractivity (Wildman–Crippen MR) is 57.7 cm³/mol. The largest absolute Gasteiger partial charge is 0.345 e. The molecule has 1 aliphatic rings. The first-order valence-corrected chi connectivity index (χ1v) is 5.04. The van der Waals surface area contributed by atoms with Crippen molar-refractivity contribution in [2.75, 3.05) is 5.32 Å². The quantitative estimate of drug-likeness (QED) is 0.816. The Morgan fingerprint density at radius 3 is 2.61 bits per heavy atom. The summed E-state index contributed by atoms with van der Waals surface area (Å²) in [4.78, 5) is 14.8. The maximum Gasteiger partial charge on any atom is 0.345 e. The highest BCUT2D eigenvalue weighted by atomic mass is 19.3. The van der Waals surface area contributed by atoms with Crippen LogP contribution >= 0.6 is 0 Å². The molecule has 0 aliphatic carbocycles. The molecular weight excluding hydrogens is 252 g/mol. The van der Waals surface area contributed by atoms with Gasteiger partial charge in [0.25, 0.3) is 0 Å². The number of nitrogens with zero attached hydrogens (tertiary/aromatic N) is 1. The second-order valence-corrected chi connectivity index (χ2v) is 3.72. The number of carbonyl (C=O) groups is 1. The number of anilines is 1. The Labute approximate surface area is 99.5 Å². The lowest BCUT2D eigenvalue weighted by molar-refractivity contribution is -0.116. The van der Waals surface area contributed by atoms with Crippen molar-refractivity contribution in [1.82, 2.24) is 0 Å². The van der Waals surface area contributed by atoms with E-state index in [9.17, 15) is 22.4 Å². The first-order chi connectivity index (χ1) is 8.41. The minimum absolute atomic E-state index is 0.0404. The molecule has 0 saturated carbocycles. The number of amides is 1. The summed E-state index contributed by atoms with van der Waals surface area (Å²) in [7, 11) is 0. The van der Waals surface area contributed by atoms with E-state index in [1.165, 1.54) is 18.2 Å². The molecule has 0 spiro atoms. The molecule has 1 amide bonds. The molecule has 2 rings (SSSR count). The van der Waals surface area contributed by atoms with Crippen molar-refractivity contribution in [1.29, 1.82) is 0 Å². The standard InChI is InChI=1S/C11H8F4N2O/c12-10(13)11(14,15)8-5-9(18)17-7-4-2-1-3-6(7)16-8/h1-4,10H,5H2,(H,17,18). The lowest BCUT2D eigenvalue weighted by Crippen LogP contribution is -2.38. The number of benzene rings is 1. The normalized spacial score (nSPS) is 15.8. The fourth-order valence-corrected chi connectivity index (χ4v) is 1.53. The smallest absolute Gasteiger partial charge is 0.324 e. The zero-order chi connectivity index (χ0) is 13.3. The average Bonchev–Trinajstić information content (AvgIpc) is 2.46. The number of aliphatic imine (C=N–C) groups is 1. The summed E-state index contributed by atoms with van der Waals surface area (Å²) in [5, 5.41) is 2.33. The van der Waals surface area contributed by atoms with Crippen LogP contribution in [-0.4, -0.2) is 24.0 Å². The third-order valence-corrected chi connectivity index (χ3v) is 2.42. The van der Waals surface area contributed by atoms with E-state index in [2.05, 4.69) is 10.3 Å². The van der Waals surface area contributed by atoms with Crippen LogP contribution < -0.4 is 5.32 Å². The third-order valence-electron chi connectivity index (χ3n) is 2.42. The molecule has 18 heavy (non-hydrogen) atoms. The van der Waals surface area contributed by atoms with Crippen LogP contribution in [0.15, 0.2) is 29.3 Å². The maximum absolute atomic E-state index is 13.2. The predicted octanol–water partition coefficient (Wildman–Crippen LogP) is 3.00. The van der Waals surface area contributed by atoms with E-state index < -0.39 is 30.4 Å². The summed E-state index contributed by atoms with van der Waals surface area (Å²) >= 11 is 0. The summed E-state index contributed by atoms with van der Waals surface area (Å²) < 4.78 is 51.0. The number of para-hydroxylation sites is 2. The first-order valence-electron chi connectivity index (χ1n) is 5.04. The monoisotopic (exact) mass is 260 g/mol. The Morgan fingerprint density at radius 1 is 1.28 bits per heavy atom. The van der Waals surface area contributed by atoms with Crippen LogP contribution in [0.25, 0.3) is 0 Å². The van der Waals surface area contributed by atoms with Crippen LogP contribution in [0.1, 0.15) is 6.42 Å². The molecule has 7 heteroatoms. The molecule has 3 nitrogen and oxygen atoms in total. The molecule has 0 unspecified atom stereocenters. The van der Waals surface area contributed by atoms with Crippen LogP contribution in [0, 0.1) is 0 Å². The molecule has 1 N–H and O–H groups in total. The third kappa shape index (κ3) is 2.20. The van der Waals surface area contributed by atoms with Crippen molar-refractivity contribution >= 4 is 23.0 Å². The zero-order valence-corrected chi connectivity index (χ0v) is 8.96. The van der Waals surface area contributed by atoms with E-state index in [0.717, 1.165) is 0 Å². The maximum atomic E-state index is 13.2. The minimum atomic E-state index is -4.41. The number of carbonyl (C=O) groups excluding carboxylic acids is 1. The number of rotatable bonds is 2. The molecule has 1 aromatic rings. The molecule has 0 atom stereocenters. The Balaban J connectivity index is 2.49. The van der Waals surface area contributed by atoms with Gasteiger partial charge >= 0.3 is 12.3 Å². The van der Waals surface area contributed by atoms with Crippen molar-refractivity contribution in [2.24, 2.45) is 4.99 Å². The fraction of sp³-hybridized carbons (Fsp3) is 0.273. The number of fused-ring (bicyclic) bond motifs is 1. The van der Waals surface area contributed by atoms with Gasteiger partial charge in [-0.05, 0) is 12.1 Å². The van der Waals surface area contributed by atoms with E-state index >= 15 is 0 Å². The van der Waals surface area contributed by atoms with Gasteiger partial charge < -0.3 is 5.32 Å². The Kier molecular flexibility index (Phi) is 3.06. The van der Waals surface area contributed by atoms with Gasteiger partial charge in [-0.3, -0.25) is 4.79 Å². The van der Waals surface area contributed by atoms with Crippen molar-refractivity contribution in [3.63, 3.8) is 0 Å². The van der Waals surface area contributed by atoms with Crippen molar-refractivity contribution in [3.8, 4) is 0 Å². The van der Waals surface area contributed by atoms with Crippen molar-refractivity contribution in [2.45, 2.75) is 18.8 Å². The summed E-state index contributed by atoms with van der Waals surface area (Å²) in [6.07, 6.45) is -4.75. The Morgan fingerprint density at radius 2 is 1.94 bits per heavy atom. The van der Waals surface area contributed by atoms with Gasteiger partial charge in [-0.2, -0.15) is 8.78 Å². The highest BCUT2D eigenvalue weighted by Crippen LogP contribution is 2.33. The molecule has 0 aromatic heterocycles. The van der Waals surface area contributed by atoms with Gasteiger partial charge in [-0.1, -0.05) is 12.1 Å². The van der Waals surface area contributed by atoms with Crippen LogP contribution in [-0.2, 0) is 4.79 Å². The van der Waals surface area contributed by atoms with Gasteiger partial charge in [0, 0.05) is 0 Å². The molecule has 0 bridgehead atoms. The van der Waals surface area contributed by atoms with Crippen LogP contribution in [0.3, 0.4) is 0 Å². The van der Waals surface area contributed by atoms with E-state index in [1.807, 2.05) is 0 Å². The van der Waals surface area contributed by atoms with Gasteiger partial charge in [0.15, 0.2) is 0 Å². The first kappa shape index (κ1) is 12.5. The number of hydrogen-bond donors (Lipinski definition) is 1. The fourth-order valence-electron chi connectivity index (χ4n) is 1.53. The molecule has 0 saturated heterocycles. The Bertz CT molecular complexity index is 514. The van der Waals surface area contributed by atoms with Gasteiger partial charge in [0.05, 0.1) is 17.8 Å². The van der Waals surface area contributed by atoms with Crippen LogP contribution in [0.5, 0.6) is 0 Å². The summed E-state index contributed by atoms with van der Waals surface area (Å²) in [6.45, 7) is 0. The number of halogens is 4. The lowest BCUT2D eigenvalue weighted by atomic mass is 10.1. The van der Waals surface area contributed by atoms with E-state index in [4.69, 9.17) is 0 Å². The summed E-state index contributed by atoms with van der Waals surface area (Å²) in [6, 6.07) is 5.91. The topological polar surface area (TPSA) is 41.5 Å². The molecule has 1 aromatic carbocycles. The van der Waals surface area contributed by atoms with E-state index in [1.54, 1.807) is 6.07 Å². The zero-order valence-electron chi connectivity index (χ0n) is 8.96. The molecule has 0 fully saturated rings.